The van der Waals surface area contributed by atoms with Crippen LogP contribution in [0.25, 0.3) is 10.2 Å². The van der Waals surface area contributed by atoms with Gasteiger partial charge in [-0.3, -0.25) is 14.7 Å². The zero-order valence-corrected chi connectivity index (χ0v) is 23.0. The van der Waals surface area contributed by atoms with E-state index in [2.05, 4.69) is 20.9 Å². The van der Waals surface area contributed by atoms with Gasteiger partial charge in [-0.25, -0.2) is 13.4 Å². The van der Waals surface area contributed by atoms with E-state index >= 15 is 0 Å². The van der Waals surface area contributed by atoms with Crippen molar-refractivity contribution in [3.8, 4) is 0 Å². The Morgan fingerprint density at radius 3 is 2.56 bits per heavy atom. The number of halogens is 2. The minimum atomic E-state index is -3.65. The van der Waals surface area contributed by atoms with Gasteiger partial charge in [0.15, 0.2) is 5.13 Å². The minimum Gasteiger partial charge on any atom is -0.282 e. The van der Waals surface area contributed by atoms with E-state index in [0.717, 1.165) is 20.4 Å². The second kappa shape index (κ2) is 10.5. The third-order valence-electron chi connectivity index (χ3n) is 6.14. The molecular weight excluding hydrogens is 584 g/mol. The van der Waals surface area contributed by atoms with E-state index in [1.54, 1.807) is 23.2 Å². The van der Waals surface area contributed by atoms with E-state index in [0.29, 0.717) is 29.5 Å². The maximum absolute atomic E-state index is 13.8. The average molecular weight is 606 g/mol. The van der Waals surface area contributed by atoms with E-state index in [9.17, 15) is 13.2 Å². The number of hydrogen-bond acceptors (Lipinski definition) is 6. The first kappa shape index (κ1) is 25.3. The molecule has 2 aromatic carbocycles. The predicted molar refractivity (Wildman–Crippen MR) is 146 cm³/mol. The molecule has 1 saturated heterocycles. The lowest BCUT2D eigenvalue weighted by atomic mass is 9.96. The molecule has 0 atom stereocenters. The molecule has 4 aromatic rings. The number of hydrogen-bond donors (Lipinski definition) is 0. The zero-order valence-electron chi connectivity index (χ0n) is 19.0. The highest BCUT2D eigenvalue weighted by molar-refractivity contribution is 9.10. The van der Waals surface area contributed by atoms with Crippen LogP contribution in [0.1, 0.15) is 18.5 Å². The van der Waals surface area contributed by atoms with Gasteiger partial charge in [0, 0.05) is 34.7 Å². The molecule has 5 rings (SSSR count). The van der Waals surface area contributed by atoms with Gasteiger partial charge < -0.3 is 0 Å². The maximum Gasteiger partial charge on any atom is 0.243 e. The highest BCUT2D eigenvalue weighted by atomic mass is 79.9. The van der Waals surface area contributed by atoms with Crippen molar-refractivity contribution in [2.24, 2.45) is 5.92 Å². The normalized spacial score (nSPS) is 15.3. The number of benzene rings is 2. The fraction of sp³-hybridized carbons (Fsp3) is 0.240. The summed E-state index contributed by atoms with van der Waals surface area (Å²) in [7, 11) is -3.65. The highest BCUT2D eigenvalue weighted by Gasteiger charge is 2.35. The second-order valence-electron chi connectivity index (χ2n) is 8.49. The molecule has 0 aliphatic carbocycles. The lowest BCUT2D eigenvalue weighted by molar-refractivity contribution is -0.123. The Labute approximate surface area is 226 Å². The minimum absolute atomic E-state index is 0.0673. The van der Waals surface area contributed by atoms with Crippen LogP contribution in [0.5, 0.6) is 0 Å². The van der Waals surface area contributed by atoms with Crippen molar-refractivity contribution in [1.82, 2.24) is 14.3 Å². The van der Waals surface area contributed by atoms with Gasteiger partial charge >= 0.3 is 0 Å². The zero-order chi connectivity index (χ0) is 25.3. The van der Waals surface area contributed by atoms with Crippen molar-refractivity contribution in [3.63, 3.8) is 0 Å². The second-order valence-corrected chi connectivity index (χ2v) is 12.8. The summed E-state index contributed by atoms with van der Waals surface area (Å²) >= 11 is 10.9. The van der Waals surface area contributed by atoms with Crippen LogP contribution in [0.15, 0.2) is 76.2 Å². The van der Waals surface area contributed by atoms with Crippen LogP contribution in [0, 0.1) is 5.92 Å². The van der Waals surface area contributed by atoms with Gasteiger partial charge in [-0.2, -0.15) is 4.31 Å². The third-order valence-corrected chi connectivity index (χ3v) is 9.84. The Morgan fingerprint density at radius 2 is 1.86 bits per heavy atom. The molecule has 0 unspecified atom stereocenters. The number of pyridine rings is 1. The van der Waals surface area contributed by atoms with Gasteiger partial charge in [0.25, 0.3) is 0 Å². The number of anilines is 1. The molecule has 0 N–H and O–H groups in total. The monoisotopic (exact) mass is 604 g/mol. The summed E-state index contributed by atoms with van der Waals surface area (Å²) in [4.78, 5) is 24.8. The largest absolute Gasteiger partial charge is 0.282 e. The molecule has 0 saturated carbocycles. The Morgan fingerprint density at radius 1 is 1.11 bits per heavy atom. The van der Waals surface area contributed by atoms with Crippen molar-refractivity contribution in [2.45, 2.75) is 24.3 Å². The molecule has 1 aliphatic heterocycles. The molecule has 186 valence electrons. The summed E-state index contributed by atoms with van der Waals surface area (Å²) in [5.41, 5.74) is 1.58. The van der Waals surface area contributed by atoms with E-state index in [4.69, 9.17) is 16.6 Å². The number of carbonyl (C=O) groups is 1. The van der Waals surface area contributed by atoms with Crippen molar-refractivity contribution >= 4 is 70.1 Å². The van der Waals surface area contributed by atoms with Crippen molar-refractivity contribution < 1.29 is 13.2 Å². The first-order valence-electron chi connectivity index (χ1n) is 11.3. The molecule has 0 bridgehead atoms. The Hall–Kier alpha value is -2.37. The van der Waals surface area contributed by atoms with E-state index < -0.39 is 10.0 Å². The number of fused-ring (bicyclic) bond motifs is 1. The lowest BCUT2D eigenvalue weighted by Gasteiger charge is -2.33. The predicted octanol–water partition coefficient (Wildman–Crippen LogP) is 5.74. The van der Waals surface area contributed by atoms with Crippen LogP contribution in [0.3, 0.4) is 0 Å². The number of nitrogens with zero attached hydrogens (tertiary/aromatic N) is 4. The van der Waals surface area contributed by atoms with Crippen LogP contribution >= 0.6 is 38.9 Å². The average Bonchev–Trinajstić information content (AvgIpc) is 3.31. The van der Waals surface area contributed by atoms with E-state index in [1.165, 1.54) is 27.8 Å². The van der Waals surface area contributed by atoms with Crippen molar-refractivity contribution in [3.05, 3.63) is 82.0 Å². The van der Waals surface area contributed by atoms with E-state index in [-0.39, 0.29) is 29.8 Å². The Kier molecular flexibility index (Phi) is 7.41. The lowest BCUT2D eigenvalue weighted by Crippen LogP contribution is -2.44. The maximum atomic E-state index is 13.8. The number of aromatic nitrogens is 2. The molecule has 1 amide bonds. The standard InChI is InChI=1S/C25H22BrClN4O3S2/c26-18-4-9-22-23(15-18)35-25(29-22)31(16-20-3-1-2-12-28-20)24(32)17-10-13-30(14-11-17)36(33,34)21-7-5-19(27)6-8-21/h1-9,12,15,17H,10-11,13-14,16H2. The van der Waals surface area contributed by atoms with Gasteiger partial charge in [0.2, 0.25) is 15.9 Å². The molecule has 2 aromatic heterocycles. The van der Waals surface area contributed by atoms with Crippen LogP contribution in [0.2, 0.25) is 5.02 Å². The molecule has 0 spiro atoms. The van der Waals surface area contributed by atoms with Gasteiger partial charge in [0.05, 0.1) is 27.4 Å². The van der Waals surface area contributed by atoms with Crippen LogP contribution in [-0.4, -0.2) is 41.7 Å². The molecule has 1 fully saturated rings. The number of rotatable bonds is 6. The van der Waals surface area contributed by atoms with Gasteiger partial charge in [0.1, 0.15) is 0 Å². The molecule has 3 heterocycles. The summed E-state index contributed by atoms with van der Waals surface area (Å²) in [6.07, 6.45) is 2.56. The summed E-state index contributed by atoms with van der Waals surface area (Å²) in [6.45, 7) is 0.834. The topological polar surface area (TPSA) is 83.5 Å². The highest BCUT2D eigenvalue weighted by Crippen LogP contribution is 2.34. The van der Waals surface area contributed by atoms with Gasteiger partial charge in [-0.15, -0.1) is 0 Å². The quantitative estimate of drug-likeness (QED) is 0.280. The first-order chi connectivity index (χ1) is 17.3. The van der Waals surface area contributed by atoms with Gasteiger partial charge in [-0.1, -0.05) is 44.9 Å². The van der Waals surface area contributed by atoms with E-state index in [1.807, 2.05) is 36.4 Å². The third kappa shape index (κ3) is 5.33. The summed E-state index contributed by atoms with van der Waals surface area (Å²) in [6, 6.07) is 17.6. The molecule has 36 heavy (non-hydrogen) atoms. The molecular formula is C25H22BrClN4O3S2. The SMILES string of the molecule is O=C(C1CCN(S(=O)(=O)c2ccc(Cl)cc2)CC1)N(Cc1ccccn1)c1nc2ccc(Br)cc2s1. The van der Waals surface area contributed by atoms with Gasteiger partial charge in [-0.05, 0) is 67.4 Å². The Balaban J connectivity index is 1.37. The smallest absolute Gasteiger partial charge is 0.243 e. The van der Waals surface area contributed by atoms with Crippen molar-refractivity contribution in [1.29, 1.82) is 0 Å². The first-order valence-corrected chi connectivity index (χ1v) is 14.8. The summed E-state index contributed by atoms with van der Waals surface area (Å²) < 4.78 is 29.5. The number of piperidine rings is 1. The number of thiazole rings is 1. The molecule has 7 nitrogen and oxygen atoms in total. The Bertz CT molecular complexity index is 1490. The van der Waals surface area contributed by atoms with Crippen LogP contribution in [-0.2, 0) is 21.4 Å². The van der Waals surface area contributed by atoms with Crippen LogP contribution < -0.4 is 4.90 Å². The molecule has 1 aliphatic rings. The summed E-state index contributed by atoms with van der Waals surface area (Å²) in [5, 5.41) is 1.09. The fourth-order valence-corrected chi connectivity index (χ4v) is 7.33. The number of amides is 1. The number of sulfonamides is 1. The van der Waals surface area contributed by atoms with Crippen molar-refractivity contribution in [2.75, 3.05) is 18.0 Å². The summed E-state index contributed by atoms with van der Waals surface area (Å²) in [5.74, 6) is -0.383. The van der Waals surface area contributed by atoms with Crippen LogP contribution in [0.4, 0.5) is 5.13 Å². The fourth-order valence-electron chi connectivity index (χ4n) is 4.21. The molecule has 0 radical (unpaired) electrons. The number of carbonyl (C=O) groups excluding carboxylic acids is 1. The molecule has 11 heteroatoms.